The fourth-order valence-corrected chi connectivity index (χ4v) is 2.44. The minimum atomic E-state index is -0.300. The number of rotatable bonds is 6. The van der Waals surface area contributed by atoms with E-state index >= 15 is 0 Å². The molecule has 2 aromatic rings. The van der Waals surface area contributed by atoms with Crippen LogP contribution in [-0.4, -0.2) is 23.9 Å². The van der Waals surface area contributed by atoms with Gasteiger partial charge in [-0.05, 0) is 42.3 Å². The molecule has 27 heavy (non-hydrogen) atoms. The van der Waals surface area contributed by atoms with Gasteiger partial charge in [0.2, 0.25) is 5.91 Å². The molecule has 0 heterocycles. The number of urea groups is 1. The largest absolute Gasteiger partial charge is 0.334 e. The molecule has 3 amide bonds. The molecule has 0 aliphatic heterocycles. The van der Waals surface area contributed by atoms with E-state index in [0.717, 1.165) is 16.8 Å². The summed E-state index contributed by atoms with van der Waals surface area (Å²) in [5, 5.41) is 5.69. The molecule has 0 saturated carbocycles. The molecule has 0 fully saturated rings. The van der Waals surface area contributed by atoms with Crippen molar-refractivity contribution in [2.24, 2.45) is 5.92 Å². The Kier molecular flexibility index (Phi) is 6.93. The Morgan fingerprint density at radius 3 is 2.15 bits per heavy atom. The summed E-state index contributed by atoms with van der Waals surface area (Å²) in [6.45, 7) is 5.93. The molecule has 0 aromatic heterocycles. The highest BCUT2D eigenvalue weighted by atomic mass is 19.1. The summed E-state index contributed by atoms with van der Waals surface area (Å²) in [6, 6.07) is 13.1. The molecule has 0 aliphatic rings. The van der Waals surface area contributed by atoms with Gasteiger partial charge >= 0.3 is 6.03 Å². The highest BCUT2D eigenvalue weighted by Crippen LogP contribution is 2.19. The first-order valence-electron chi connectivity index (χ1n) is 8.94. The summed E-state index contributed by atoms with van der Waals surface area (Å²) in [7, 11) is 1.70. The third-order valence-corrected chi connectivity index (χ3v) is 4.44. The normalized spacial score (nSPS) is 11.8. The SMILES string of the molecule is CC(C)C(=O)Nc1ccc(CNC(=O)N(C)[C@H](C)c2ccc(F)cc2)cc1. The molecular formula is C21H26FN3O2. The van der Waals surface area contributed by atoms with Gasteiger partial charge in [-0.1, -0.05) is 38.1 Å². The lowest BCUT2D eigenvalue weighted by atomic mass is 10.1. The second-order valence-electron chi connectivity index (χ2n) is 6.84. The van der Waals surface area contributed by atoms with Crippen molar-refractivity contribution in [3.8, 4) is 0 Å². The lowest BCUT2D eigenvalue weighted by Crippen LogP contribution is -2.38. The van der Waals surface area contributed by atoms with Crippen LogP contribution >= 0.6 is 0 Å². The quantitative estimate of drug-likeness (QED) is 0.794. The number of carbonyl (C=O) groups excluding carboxylic acids is 2. The Morgan fingerprint density at radius 2 is 1.59 bits per heavy atom. The van der Waals surface area contributed by atoms with Crippen LogP contribution in [0.3, 0.4) is 0 Å². The highest BCUT2D eigenvalue weighted by Gasteiger charge is 2.17. The summed E-state index contributed by atoms with van der Waals surface area (Å²) in [5.74, 6) is -0.416. The van der Waals surface area contributed by atoms with E-state index < -0.39 is 0 Å². The van der Waals surface area contributed by atoms with Gasteiger partial charge in [-0.15, -0.1) is 0 Å². The van der Waals surface area contributed by atoms with E-state index in [-0.39, 0.29) is 29.7 Å². The summed E-state index contributed by atoms with van der Waals surface area (Å²) in [6.07, 6.45) is 0. The van der Waals surface area contributed by atoms with Gasteiger partial charge in [-0.2, -0.15) is 0 Å². The second-order valence-corrected chi connectivity index (χ2v) is 6.84. The first-order valence-corrected chi connectivity index (χ1v) is 8.94. The predicted octanol–water partition coefficient (Wildman–Crippen LogP) is 4.32. The van der Waals surface area contributed by atoms with Gasteiger partial charge in [0.05, 0.1) is 6.04 Å². The molecule has 0 aliphatic carbocycles. The maximum Gasteiger partial charge on any atom is 0.317 e. The molecule has 2 N–H and O–H groups in total. The highest BCUT2D eigenvalue weighted by molar-refractivity contribution is 5.92. The molecule has 5 nitrogen and oxygen atoms in total. The van der Waals surface area contributed by atoms with Gasteiger partial charge in [0.1, 0.15) is 5.82 Å². The standard InChI is InChI=1S/C21H26FN3O2/c1-14(2)20(26)24-19-11-5-16(6-12-19)13-23-21(27)25(4)15(3)17-7-9-18(22)10-8-17/h5-12,14-15H,13H2,1-4H3,(H,23,27)(H,24,26)/t15-/m1/s1. The summed E-state index contributed by atoms with van der Waals surface area (Å²) < 4.78 is 13.0. The van der Waals surface area contributed by atoms with Crippen LogP contribution < -0.4 is 10.6 Å². The van der Waals surface area contributed by atoms with Crippen LogP contribution in [0.4, 0.5) is 14.9 Å². The van der Waals surface area contributed by atoms with Gasteiger partial charge < -0.3 is 15.5 Å². The first-order chi connectivity index (χ1) is 12.8. The summed E-state index contributed by atoms with van der Waals surface area (Å²) >= 11 is 0. The Morgan fingerprint density at radius 1 is 1.00 bits per heavy atom. The Bertz CT molecular complexity index is 773. The molecule has 1 atom stereocenters. The van der Waals surface area contributed by atoms with Gasteiger partial charge in [0, 0.05) is 25.2 Å². The predicted molar refractivity (Wildman–Crippen MR) is 105 cm³/mol. The lowest BCUT2D eigenvalue weighted by Gasteiger charge is -2.25. The molecule has 2 rings (SSSR count). The Hall–Kier alpha value is -2.89. The Balaban J connectivity index is 1.88. The van der Waals surface area contributed by atoms with Crippen molar-refractivity contribution in [1.82, 2.24) is 10.2 Å². The summed E-state index contributed by atoms with van der Waals surface area (Å²) in [5.41, 5.74) is 2.51. The monoisotopic (exact) mass is 371 g/mol. The number of hydrogen-bond donors (Lipinski definition) is 2. The molecule has 6 heteroatoms. The maximum atomic E-state index is 13.0. The van der Waals surface area contributed by atoms with Crippen LogP contribution in [0.2, 0.25) is 0 Å². The van der Waals surface area contributed by atoms with E-state index in [9.17, 15) is 14.0 Å². The van der Waals surface area contributed by atoms with Gasteiger partial charge in [0.25, 0.3) is 0 Å². The molecule has 0 bridgehead atoms. The zero-order chi connectivity index (χ0) is 20.0. The molecule has 0 unspecified atom stereocenters. The van der Waals surface area contributed by atoms with E-state index in [1.807, 2.05) is 45.0 Å². The van der Waals surface area contributed by atoms with Crippen molar-refractivity contribution in [2.75, 3.05) is 12.4 Å². The van der Waals surface area contributed by atoms with Crippen LogP contribution in [0, 0.1) is 11.7 Å². The van der Waals surface area contributed by atoms with Crippen LogP contribution in [0.15, 0.2) is 48.5 Å². The van der Waals surface area contributed by atoms with Crippen LogP contribution in [0.5, 0.6) is 0 Å². The third-order valence-electron chi connectivity index (χ3n) is 4.44. The number of halogens is 1. The Labute approximate surface area is 159 Å². The van der Waals surface area contributed by atoms with E-state index in [2.05, 4.69) is 10.6 Å². The average molecular weight is 371 g/mol. The third kappa shape index (κ3) is 5.81. The van der Waals surface area contributed by atoms with E-state index in [1.165, 1.54) is 12.1 Å². The summed E-state index contributed by atoms with van der Waals surface area (Å²) in [4.78, 5) is 25.6. The van der Waals surface area contributed by atoms with Crippen molar-refractivity contribution in [3.63, 3.8) is 0 Å². The number of anilines is 1. The topological polar surface area (TPSA) is 61.4 Å². The van der Waals surface area contributed by atoms with Crippen molar-refractivity contribution in [1.29, 1.82) is 0 Å². The maximum absolute atomic E-state index is 13.0. The molecule has 0 spiro atoms. The first kappa shape index (κ1) is 20.4. The van der Waals surface area contributed by atoms with Crippen LogP contribution in [0.1, 0.15) is 37.9 Å². The van der Waals surface area contributed by atoms with Gasteiger partial charge in [0.15, 0.2) is 0 Å². The van der Waals surface area contributed by atoms with Crippen molar-refractivity contribution in [2.45, 2.75) is 33.4 Å². The number of nitrogens with zero attached hydrogens (tertiary/aromatic N) is 1. The van der Waals surface area contributed by atoms with Gasteiger partial charge in [-0.3, -0.25) is 4.79 Å². The zero-order valence-electron chi connectivity index (χ0n) is 16.1. The van der Waals surface area contributed by atoms with E-state index in [0.29, 0.717) is 6.54 Å². The molecule has 2 aromatic carbocycles. The van der Waals surface area contributed by atoms with Crippen molar-refractivity contribution < 1.29 is 14.0 Å². The number of benzene rings is 2. The van der Waals surface area contributed by atoms with Crippen LogP contribution in [-0.2, 0) is 11.3 Å². The number of carbonyl (C=O) groups is 2. The van der Waals surface area contributed by atoms with Gasteiger partial charge in [-0.25, -0.2) is 9.18 Å². The second kappa shape index (κ2) is 9.16. The molecule has 0 radical (unpaired) electrons. The van der Waals surface area contributed by atoms with Crippen molar-refractivity contribution >= 4 is 17.6 Å². The van der Waals surface area contributed by atoms with E-state index in [1.54, 1.807) is 24.1 Å². The fraction of sp³-hybridized carbons (Fsp3) is 0.333. The smallest absolute Gasteiger partial charge is 0.317 e. The van der Waals surface area contributed by atoms with Crippen molar-refractivity contribution in [3.05, 3.63) is 65.5 Å². The number of nitrogens with one attached hydrogen (secondary N) is 2. The molecular weight excluding hydrogens is 345 g/mol. The minimum absolute atomic E-state index is 0.0348. The number of hydrogen-bond acceptors (Lipinski definition) is 2. The molecule has 144 valence electrons. The lowest BCUT2D eigenvalue weighted by molar-refractivity contribution is -0.118. The van der Waals surface area contributed by atoms with Crippen LogP contribution in [0.25, 0.3) is 0 Å². The minimum Gasteiger partial charge on any atom is -0.334 e. The van der Waals surface area contributed by atoms with E-state index in [4.69, 9.17) is 0 Å². The molecule has 0 saturated heterocycles. The number of amides is 3. The average Bonchev–Trinajstić information content (AvgIpc) is 2.66. The zero-order valence-corrected chi connectivity index (χ0v) is 16.1. The fourth-order valence-electron chi connectivity index (χ4n) is 2.44.